The van der Waals surface area contributed by atoms with Crippen molar-refractivity contribution in [1.82, 2.24) is 15.5 Å². The molecule has 1 rings (SSSR count). The summed E-state index contributed by atoms with van der Waals surface area (Å²) in [6.07, 6.45) is 0.933. The van der Waals surface area contributed by atoms with E-state index in [0.29, 0.717) is 19.8 Å². The van der Waals surface area contributed by atoms with Gasteiger partial charge in [-0.15, -0.1) is 0 Å². The van der Waals surface area contributed by atoms with Crippen molar-refractivity contribution >= 4 is 6.03 Å². The van der Waals surface area contributed by atoms with Gasteiger partial charge in [-0.25, -0.2) is 4.79 Å². The highest BCUT2D eigenvalue weighted by Gasteiger charge is 2.26. The van der Waals surface area contributed by atoms with Crippen molar-refractivity contribution in [3.8, 4) is 0 Å². The summed E-state index contributed by atoms with van der Waals surface area (Å²) in [5, 5.41) is 6.03. The molecule has 0 saturated carbocycles. The molecule has 1 unspecified atom stereocenters. The topological polar surface area (TPSA) is 53.6 Å². The van der Waals surface area contributed by atoms with E-state index in [9.17, 15) is 4.79 Å². The first kappa shape index (κ1) is 13.3. The highest BCUT2D eigenvalue weighted by atomic mass is 16.5. The molecule has 1 fully saturated rings. The van der Waals surface area contributed by atoms with Crippen LogP contribution >= 0.6 is 0 Å². The Kier molecular flexibility index (Phi) is 5.55. The fraction of sp³-hybridized carbons (Fsp3) is 0.909. The Balaban J connectivity index is 2.48. The van der Waals surface area contributed by atoms with Crippen LogP contribution < -0.4 is 10.6 Å². The summed E-state index contributed by atoms with van der Waals surface area (Å²) >= 11 is 0. The van der Waals surface area contributed by atoms with E-state index in [1.165, 1.54) is 0 Å². The van der Waals surface area contributed by atoms with Gasteiger partial charge in [-0.1, -0.05) is 0 Å². The van der Waals surface area contributed by atoms with Crippen LogP contribution in [0.3, 0.4) is 0 Å². The second-order valence-corrected chi connectivity index (χ2v) is 4.42. The van der Waals surface area contributed by atoms with E-state index in [4.69, 9.17) is 4.74 Å². The zero-order chi connectivity index (χ0) is 12.0. The van der Waals surface area contributed by atoms with Crippen LogP contribution in [0.4, 0.5) is 4.79 Å². The number of urea groups is 1. The summed E-state index contributed by atoms with van der Waals surface area (Å²) in [5.74, 6) is 0. The molecular formula is C11H23N3O2. The van der Waals surface area contributed by atoms with Gasteiger partial charge < -0.3 is 20.3 Å². The Morgan fingerprint density at radius 1 is 1.56 bits per heavy atom. The molecular weight excluding hydrogens is 206 g/mol. The SMILES string of the molecule is CNCCC1COCCN1C(=O)NC(C)C. The third-order valence-electron chi connectivity index (χ3n) is 2.63. The van der Waals surface area contributed by atoms with Gasteiger partial charge in [-0.2, -0.15) is 0 Å². The smallest absolute Gasteiger partial charge is 0.318 e. The van der Waals surface area contributed by atoms with Crippen molar-refractivity contribution in [3.63, 3.8) is 0 Å². The molecule has 5 heteroatoms. The highest BCUT2D eigenvalue weighted by Crippen LogP contribution is 2.10. The lowest BCUT2D eigenvalue weighted by Gasteiger charge is -2.36. The van der Waals surface area contributed by atoms with E-state index in [0.717, 1.165) is 13.0 Å². The Labute approximate surface area is 97.5 Å². The Morgan fingerprint density at radius 2 is 2.31 bits per heavy atom. The second-order valence-electron chi connectivity index (χ2n) is 4.42. The van der Waals surface area contributed by atoms with Crippen LogP contribution in [0.1, 0.15) is 20.3 Å². The first-order valence-electron chi connectivity index (χ1n) is 5.94. The third-order valence-corrected chi connectivity index (χ3v) is 2.63. The molecule has 16 heavy (non-hydrogen) atoms. The number of morpholine rings is 1. The zero-order valence-corrected chi connectivity index (χ0v) is 10.5. The summed E-state index contributed by atoms with van der Waals surface area (Å²) in [6.45, 7) is 6.82. The number of carbonyl (C=O) groups excluding carboxylic acids is 1. The molecule has 5 nitrogen and oxygen atoms in total. The van der Waals surface area contributed by atoms with Gasteiger partial charge in [0.05, 0.1) is 19.3 Å². The van der Waals surface area contributed by atoms with Gasteiger partial charge in [0.15, 0.2) is 0 Å². The number of ether oxygens (including phenoxy) is 1. The Hall–Kier alpha value is -0.810. The van der Waals surface area contributed by atoms with Crippen LogP contribution in [-0.4, -0.2) is 56.4 Å². The van der Waals surface area contributed by atoms with E-state index >= 15 is 0 Å². The van der Waals surface area contributed by atoms with E-state index in [-0.39, 0.29) is 18.1 Å². The molecule has 0 aromatic rings. The number of hydrogen-bond acceptors (Lipinski definition) is 3. The molecule has 0 bridgehead atoms. The minimum absolute atomic E-state index is 0.0272. The monoisotopic (exact) mass is 229 g/mol. The summed E-state index contributed by atoms with van der Waals surface area (Å²) in [5.41, 5.74) is 0. The maximum absolute atomic E-state index is 11.9. The normalized spacial score (nSPS) is 21.2. The van der Waals surface area contributed by atoms with Crippen molar-refractivity contribution in [2.75, 3.05) is 33.4 Å². The summed E-state index contributed by atoms with van der Waals surface area (Å²) < 4.78 is 5.42. The summed E-state index contributed by atoms with van der Waals surface area (Å²) in [7, 11) is 1.92. The average Bonchev–Trinajstić information content (AvgIpc) is 2.25. The first-order chi connectivity index (χ1) is 7.65. The first-order valence-corrected chi connectivity index (χ1v) is 5.94. The van der Waals surface area contributed by atoms with Gasteiger partial charge >= 0.3 is 6.03 Å². The predicted octanol–water partition coefficient (Wildman–Crippen LogP) is 0.415. The lowest BCUT2D eigenvalue weighted by molar-refractivity contribution is 0.00956. The molecule has 2 amide bonds. The minimum atomic E-state index is 0.0272. The fourth-order valence-corrected chi connectivity index (χ4v) is 1.80. The number of hydrogen-bond donors (Lipinski definition) is 2. The Bertz CT molecular complexity index is 221. The maximum Gasteiger partial charge on any atom is 0.318 e. The standard InChI is InChI=1S/C11H23N3O2/c1-9(2)13-11(15)14-6-7-16-8-10(14)4-5-12-3/h9-10,12H,4-8H2,1-3H3,(H,13,15). The predicted molar refractivity (Wildman–Crippen MR) is 63.5 cm³/mol. The second kappa shape index (κ2) is 6.70. The Morgan fingerprint density at radius 3 is 2.94 bits per heavy atom. The van der Waals surface area contributed by atoms with Crippen LogP contribution in [0.5, 0.6) is 0 Å². The van der Waals surface area contributed by atoms with Gasteiger partial charge in [0, 0.05) is 12.6 Å². The molecule has 1 atom stereocenters. The largest absolute Gasteiger partial charge is 0.377 e. The van der Waals surface area contributed by atoms with E-state index in [2.05, 4.69) is 10.6 Å². The number of nitrogens with one attached hydrogen (secondary N) is 2. The van der Waals surface area contributed by atoms with E-state index in [1.807, 2.05) is 25.8 Å². The van der Waals surface area contributed by atoms with E-state index < -0.39 is 0 Å². The molecule has 0 aromatic carbocycles. The van der Waals surface area contributed by atoms with Gasteiger partial charge in [0.2, 0.25) is 0 Å². The third kappa shape index (κ3) is 3.98. The maximum atomic E-state index is 11.9. The lowest BCUT2D eigenvalue weighted by atomic mass is 10.1. The quantitative estimate of drug-likeness (QED) is 0.734. The molecule has 2 N–H and O–H groups in total. The van der Waals surface area contributed by atoms with Crippen LogP contribution in [0.15, 0.2) is 0 Å². The molecule has 1 aliphatic heterocycles. The molecule has 0 spiro atoms. The number of amides is 2. The van der Waals surface area contributed by atoms with E-state index in [1.54, 1.807) is 0 Å². The van der Waals surface area contributed by atoms with Crippen LogP contribution in [-0.2, 0) is 4.74 Å². The fourth-order valence-electron chi connectivity index (χ4n) is 1.80. The van der Waals surface area contributed by atoms with Crippen molar-refractivity contribution < 1.29 is 9.53 Å². The van der Waals surface area contributed by atoms with Crippen LogP contribution in [0.2, 0.25) is 0 Å². The van der Waals surface area contributed by atoms with Crippen LogP contribution in [0, 0.1) is 0 Å². The van der Waals surface area contributed by atoms with Crippen LogP contribution in [0.25, 0.3) is 0 Å². The molecule has 94 valence electrons. The molecule has 1 aliphatic rings. The molecule has 0 aliphatic carbocycles. The van der Waals surface area contributed by atoms with Gasteiger partial charge in [0.25, 0.3) is 0 Å². The van der Waals surface area contributed by atoms with Crippen molar-refractivity contribution in [1.29, 1.82) is 0 Å². The number of carbonyl (C=O) groups is 1. The van der Waals surface area contributed by atoms with Crippen molar-refractivity contribution in [2.45, 2.75) is 32.4 Å². The summed E-state index contributed by atoms with van der Waals surface area (Å²) in [6, 6.07) is 0.402. The van der Waals surface area contributed by atoms with Crippen molar-refractivity contribution in [2.24, 2.45) is 0 Å². The highest BCUT2D eigenvalue weighted by molar-refractivity contribution is 5.74. The number of rotatable bonds is 4. The summed E-state index contributed by atoms with van der Waals surface area (Å²) in [4.78, 5) is 13.8. The molecule has 0 radical (unpaired) electrons. The number of nitrogens with zero attached hydrogens (tertiary/aromatic N) is 1. The molecule has 1 saturated heterocycles. The van der Waals surface area contributed by atoms with Gasteiger partial charge in [0.1, 0.15) is 0 Å². The van der Waals surface area contributed by atoms with Crippen molar-refractivity contribution in [3.05, 3.63) is 0 Å². The molecule has 1 heterocycles. The minimum Gasteiger partial charge on any atom is -0.377 e. The van der Waals surface area contributed by atoms with Gasteiger partial charge in [-0.3, -0.25) is 0 Å². The molecule has 0 aromatic heterocycles. The zero-order valence-electron chi connectivity index (χ0n) is 10.5. The lowest BCUT2D eigenvalue weighted by Crippen LogP contribution is -2.54. The van der Waals surface area contributed by atoms with Gasteiger partial charge in [-0.05, 0) is 33.9 Å². The average molecular weight is 229 g/mol.